The second kappa shape index (κ2) is 7.46. The SMILES string of the molecule is O=C1[C@H](c2ccc(Cl)c(Cl)c2)CCN1[C@@H]1CCCC[C@H]1N1CCCC1. The Hall–Kier alpha value is -0.770. The molecule has 0 bridgehead atoms. The van der Waals surface area contributed by atoms with Crippen LogP contribution in [-0.2, 0) is 4.79 Å². The summed E-state index contributed by atoms with van der Waals surface area (Å²) in [4.78, 5) is 18.0. The van der Waals surface area contributed by atoms with Crippen LogP contribution in [0, 0.1) is 0 Å². The second-order valence-corrected chi connectivity index (χ2v) is 8.52. The van der Waals surface area contributed by atoms with Crippen LogP contribution in [0.25, 0.3) is 0 Å². The van der Waals surface area contributed by atoms with Crippen LogP contribution in [0.5, 0.6) is 0 Å². The minimum absolute atomic E-state index is 0.0593. The van der Waals surface area contributed by atoms with E-state index in [2.05, 4.69) is 9.80 Å². The number of rotatable bonds is 3. The lowest BCUT2D eigenvalue weighted by Crippen LogP contribution is -2.53. The Kier molecular flexibility index (Phi) is 5.26. The minimum atomic E-state index is -0.0593. The maximum atomic E-state index is 13.2. The summed E-state index contributed by atoms with van der Waals surface area (Å²) in [6, 6.07) is 6.59. The summed E-state index contributed by atoms with van der Waals surface area (Å²) in [6.07, 6.45) is 8.45. The van der Waals surface area contributed by atoms with Gasteiger partial charge < -0.3 is 4.90 Å². The van der Waals surface area contributed by atoms with Crippen molar-refractivity contribution in [2.24, 2.45) is 0 Å². The van der Waals surface area contributed by atoms with E-state index in [9.17, 15) is 4.79 Å². The van der Waals surface area contributed by atoms with Crippen molar-refractivity contribution in [2.75, 3.05) is 19.6 Å². The van der Waals surface area contributed by atoms with Crippen LogP contribution in [0.3, 0.4) is 0 Å². The summed E-state index contributed by atoms with van der Waals surface area (Å²) in [5.74, 6) is 0.227. The average molecular weight is 381 g/mol. The highest BCUT2D eigenvalue weighted by Gasteiger charge is 2.42. The first-order valence-corrected chi connectivity index (χ1v) is 10.4. The summed E-state index contributed by atoms with van der Waals surface area (Å²) in [5, 5.41) is 1.09. The normalized spacial score (nSPS) is 31.0. The molecule has 0 N–H and O–H groups in total. The Balaban J connectivity index is 1.52. The Morgan fingerprint density at radius 1 is 0.840 bits per heavy atom. The third-order valence-electron chi connectivity index (χ3n) is 6.29. The van der Waals surface area contributed by atoms with Gasteiger partial charge in [-0.1, -0.05) is 42.1 Å². The third-order valence-corrected chi connectivity index (χ3v) is 7.03. The Morgan fingerprint density at radius 3 is 2.28 bits per heavy atom. The van der Waals surface area contributed by atoms with Crippen LogP contribution in [0.15, 0.2) is 18.2 Å². The van der Waals surface area contributed by atoms with E-state index in [0.717, 1.165) is 24.9 Å². The average Bonchev–Trinajstić information content (AvgIpc) is 3.27. The fourth-order valence-corrected chi connectivity index (χ4v) is 5.33. The van der Waals surface area contributed by atoms with Gasteiger partial charge in [0, 0.05) is 18.6 Å². The Labute approximate surface area is 160 Å². The van der Waals surface area contributed by atoms with E-state index < -0.39 is 0 Å². The maximum Gasteiger partial charge on any atom is 0.230 e. The van der Waals surface area contributed by atoms with Crippen molar-refractivity contribution in [1.82, 2.24) is 9.80 Å². The van der Waals surface area contributed by atoms with Crippen LogP contribution < -0.4 is 0 Å². The fraction of sp³-hybridized carbons (Fsp3) is 0.650. The van der Waals surface area contributed by atoms with E-state index in [1.54, 1.807) is 0 Å². The molecule has 2 aliphatic heterocycles. The molecule has 5 heteroatoms. The van der Waals surface area contributed by atoms with E-state index >= 15 is 0 Å². The molecule has 3 aliphatic rings. The zero-order chi connectivity index (χ0) is 17.4. The number of carbonyl (C=O) groups is 1. The number of hydrogen-bond acceptors (Lipinski definition) is 2. The number of halogens is 2. The summed E-state index contributed by atoms with van der Waals surface area (Å²) >= 11 is 12.2. The van der Waals surface area contributed by atoms with Gasteiger partial charge in [-0.15, -0.1) is 0 Å². The largest absolute Gasteiger partial charge is 0.338 e. The number of hydrogen-bond donors (Lipinski definition) is 0. The zero-order valence-corrected chi connectivity index (χ0v) is 16.1. The molecule has 2 saturated heterocycles. The molecule has 25 heavy (non-hydrogen) atoms. The Bertz CT molecular complexity index is 645. The van der Waals surface area contributed by atoms with Gasteiger partial charge in [0.05, 0.1) is 16.0 Å². The lowest BCUT2D eigenvalue weighted by atomic mass is 9.88. The molecule has 3 atom stereocenters. The molecule has 3 fully saturated rings. The van der Waals surface area contributed by atoms with Gasteiger partial charge in [0.1, 0.15) is 0 Å². The van der Waals surface area contributed by atoms with Crippen molar-refractivity contribution in [3.63, 3.8) is 0 Å². The highest BCUT2D eigenvalue weighted by Crippen LogP contribution is 2.37. The highest BCUT2D eigenvalue weighted by molar-refractivity contribution is 6.42. The molecule has 0 aromatic heterocycles. The summed E-state index contributed by atoms with van der Waals surface area (Å²) < 4.78 is 0. The van der Waals surface area contributed by atoms with E-state index in [-0.39, 0.29) is 11.8 Å². The zero-order valence-electron chi connectivity index (χ0n) is 14.6. The van der Waals surface area contributed by atoms with Gasteiger partial charge >= 0.3 is 0 Å². The Morgan fingerprint density at radius 2 is 1.56 bits per heavy atom. The second-order valence-electron chi connectivity index (χ2n) is 7.71. The van der Waals surface area contributed by atoms with Crippen molar-refractivity contribution >= 4 is 29.1 Å². The molecule has 4 rings (SSSR count). The molecule has 1 aromatic carbocycles. The van der Waals surface area contributed by atoms with Crippen molar-refractivity contribution < 1.29 is 4.79 Å². The van der Waals surface area contributed by atoms with Crippen LogP contribution in [0.4, 0.5) is 0 Å². The smallest absolute Gasteiger partial charge is 0.230 e. The van der Waals surface area contributed by atoms with Gasteiger partial charge in [-0.3, -0.25) is 9.69 Å². The van der Waals surface area contributed by atoms with Gasteiger partial charge in [-0.05, 0) is 62.9 Å². The first-order valence-electron chi connectivity index (χ1n) is 9.64. The van der Waals surface area contributed by atoms with E-state index in [4.69, 9.17) is 23.2 Å². The third kappa shape index (κ3) is 3.43. The van der Waals surface area contributed by atoms with Crippen LogP contribution in [0.2, 0.25) is 10.0 Å². The van der Waals surface area contributed by atoms with Crippen molar-refractivity contribution in [3.05, 3.63) is 33.8 Å². The standard InChI is InChI=1S/C20H26Cl2N2O/c21-16-8-7-14(13-17(16)22)15-9-12-24(20(15)25)19-6-2-1-5-18(19)23-10-3-4-11-23/h7-8,13,15,18-19H,1-6,9-12H2/t15-,18+,19+/m0/s1. The van der Waals surface area contributed by atoms with Crippen LogP contribution in [-0.4, -0.2) is 47.4 Å². The van der Waals surface area contributed by atoms with Crippen LogP contribution >= 0.6 is 23.2 Å². The molecule has 1 saturated carbocycles. The van der Waals surface area contributed by atoms with E-state index in [0.29, 0.717) is 22.1 Å². The lowest BCUT2D eigenvalue weighted by molar-refractivity contribution is -0.133. The monoisotopic (exact) mass is 380 g/mol. The topological polar surface area (TPSA) is 23.6 Å². The summed E-state index contributed by atoms with van der Waals surface area (Å²) in [6.45, 7) is 3.29. The molecule has 1 amide bonds. The maximum absolute atomic E-state index is 13.2. The number of nitrogens with zero attached hydrogens (tertiary/aromatic N) is 2. The molecule has 0 radical (unpaired) electrons. The first-order chi connectivity index (χ1) is 12.1. The fourth-order valence-electron chi connectivity index (χ4n) is 5.02. The first kappa shape index (κ1) is 17.6. The quantitative estimate of drug-likeness (QED) is 0.757. The van der Waals surface area contributed by atoms with Crippen molar-refractivity contribution in [3.8, 4) is 0 Å². The van der Waals surface area contributed by atoms with E-state index in [1.165, 1.54) is 45.2 Å². The number of likely N-dealkylation sites (tertiary alicyclic amines) is 2. The number of amides is 1. The van der Waals surface area contributed by atoms with Crippen molar-refractivity contribution in [2.45, 2.75) is 62.9 Å². The van der Waals surface area contributed by atoms with Gasteiger partial charge in [-0.25, -0.2) is 0 Å². The number of benzene rings is 1. The van der Waals surface area contributed by atoms with Crippen LogP contribution in [0.1, 0.15) is 56.4 Å². The predicted octanol–water partition coefficient (Wildman–Crippen LogP) is 4.72. The summed E-state index contributed by atoms with van der Waals surface area (Å²) in [7, 11) is 0. The van der Waals surface area contributed by atoms with Gasteiger partial charge in [0.15, 0.2) is 0 Å². The highest BCUT2D eigenvalue weighted by atomic mass is 35.5. The molecular formula is C20H26Cl2N2O. The molecule has 0 unspecified atom stereocenters. The molecule has 2 heterocycles. The molecular weight excluding hydrogens is 355 g/mol. The van der Waals surface area contributed by atoms with Crippen molar-refractivity contribution in [1.29, 1.82) is 0 Å². The van der Waals surface area contributed by atoms with Gasteiger partial charge in [-0.2, -0.15) is 0 Å². The molecule has 3 nitrogen and oxygen atoms in total. The van der Waals surface area contributed by atoms with E-state index in [1.807, 2.05) is 18.2 Å². The molecule has 1 aliphatic carbocycles. The number of carbonyl (C=O) groups excluding carboxylic acids is 1. The molecule has 136 valence electrons. The van der Waals surface area contributed by atoms with Gasteiger partial charge in [0.2, 0.25) is 5.91 Å². The summed E-state index contributed by atoms with van der Waals surface area (Å²) in [5.41, 5.74) is 1.01. The van der Waals surface area contributed by atoms with Gasteiger partial charge in [0.25, 0.3) is 0 Å². The minimum Gasteiger partial charge on any atom is -0.338 e. The molecule has 1 aromatic rings. The lowest BCUT2D eigenvalue weighted by Gasteiger charge is -2.42. The molecule has 0 spiro atoms. The predicted molar refractivity (Wildman–Crippen MR) is 102 cm³/mol.